The lowest BCUT2D eigenvalue weighted by atomic mass is 10.4. The van der Waals surface area contributed by atoms with Crippen LogP contribution >= 0.6 is 11.8 Å². The van der Waals surface area contributed by atoms with E-state index in [2.05, 4.69) is 25.2 Å². The molecule has 2 rings (SSSR count). The first-order valence-electron chi connectivity index (χ1n) is 7.26. The predicted octanol–water partition coefficient (Wildman–Crippen LogP) is 1.56. The van der Waals surface area contributed by atoms with Crippen LogP contribution in [0.25, 0.3) is 0 Å². The van der Waals surface area contributed by atoms with Crippen LogP contribution in [-0.4, -0.2) is 52.9 Å². The molecule has 0 saturated carbocycles. The number of hydrogen-bond donors (Lipinski definition) is 1. The summed E-state index contributed by atoms with van der Waals surface area (Å²) in [4.78, 5) is 26.8. The number of hydrogen-bond acceptors (Lipinski definition) is 8. The van der Waals surface area contributed by atoms with Crippen LogP contribution in [0.4, 0.5) is 11.9 Å². The summed E-state index contributed by atoms with van der Waals surface area (Å²) >= 11 is 1.28. The largest absolute Gasteiger partial charge is 0.465 e. The summed E-state index contributed by atoms with van der Waals surface area (Å²) in [6.07, 6.45) is 2.32. The second-order valence-electron chi connectivity index (χ2n) is 4.56. The fourth-order valence-corrected chi connectivity index (χ4v) is 2.66. The number of ether oxygens (including phenoxy) is 1. The van der Waals surface area contributed by atoms with Crippen molar-refractivity contribution in [1.29, 1.82) is 0 Å². The Balaban J connectivity index is 2.09. The third kappa shape index (κ3) is 4.73. The topological polar surface area (TPSA) is 80.2 Å². The van der Waals surface area contributed by atoms with E-state index >= 15 is 0 Å². The highest BCUT2D eigenvalue weighted by Gasteiger charge is 2.18. The van der Waals surface area contributed by atoms with Gasteiger partial charge in [0.2, 0.25) is 11.9 Å². The number of esters is 1. The molecular formula is C13H21N5O2S. The Morgan fingerprint density at radius 1 is 1.29 bits per heavy atom. The van der Waals surface area contributed by atoms with Crippen LogP contribution in [0.1, 0.15) is 26.7 Å². The van der Waals surface area contributed by atoms with Crippen LogP contribution < -0.4 is 10.2 Å². The van der Waals surface area contributed by atoms with Crippen molar-refractivity contribution in [2.45, 2.75) is 31.8 Å². The summed E-state index contributed by atoms with van der Waals surface area (Å²) in [6, 6.07) is 0. The third-order valence-corrected chi connectivity index (χ3v) is 3.77. The molecule has 0 radical (unpaired) electrons. The van der Waals surface area contributed by atoms with E-state index in [4.69, 9.17) is 4.74 Å². The molecule has 0 spiro atoms. The van der Waals surface area contributed by atoms with E-state index in [1.807, 2.05) is 6.92 Å². The van der Waals surface area contributed by atoms with Crippen molar-refractivity contribution in [2.75, 3.05) is 42.2 Å². The molecule has 1 aliphatic rings. The van der Waals surface area contributed by atoms with E-state index in [-0.39, 0.29) is 11.7 Å². The summed E-state index contributed by atoms with van der Waals surface area (Å²) in [5, 5.41) is 3.66. The van der Waals surface area contributed by atoms with Gasteiger partial charge in [-0.05, 0) is 26.7 Å². The Bertz CT molecular complexity index is 480. The Kier molecular flexibility index (Phi) is 6.04. The quantitative estimate of drug-likeness (QED) is 0.600. The molecule has 1 aliphatic heterocycles. The molecule has 0 atom stereocenters. The lowest BCUT2D eigenvalue weighted by molar-refractivity contribution is -0.139. The average Bonchev–Trinajstić information content (AvgIpc) is 3.00. The van der Waals surface area contributed by atoms with E-state index in [1.54, 1.807) is 6.92 Å². The second kappa shape index (κ2) is 8.02. The summed E-state index contributed by atoms with van der Waals surface area (Å²) < 4.78 is 4.91. The van der Waals surface area contributed by atoms with E-state index < -0.39 is 0 Å². The molecule has 116 valence electrons. The van der Waals surface area contributed by atoms with Gasteiger partial charge >= 0.3 is 5.97 Å². The maximum atomic E-state index is 11.4. The van der Waals surface area contributed by atoms with Crippen LogP contribution in [0.5, 0.6) is 0 Å². The molecule has 0 unspecified atom stereocenters. The number of nitrogens with zero attached hydrogens (tertiary/aromatic N) is 4. The molecule has 8 heteroatoms. The SMILES string of the molecule is CCNc1nc(SCC(=O)OCC)nc(N2CCCC2)n1. The number of carbonyl (C=O) groups excluding carboxylic acids is 1. The van der Waals surface area contributed by atoms with Gasteiger partial charge in [0.25, 0.3) is 0 Å². The molecule has 21 heavy (non-hydrogen) atoms. The van der Waals surface area contributed by atoms with Crippen molar-refractivity contribution in [3.63, 3.8) is 0 Å². The van der Waals surface area contributed by atoms with Gasteiger partial charge in [-0.3, -0.25) is 4.79 Å². The molecular weight excluding hydrogens is 290 g/mol. The molecule has 1 fully saturated rings. The van der Waals surface area contributed by atoms with Gasteiger partial charge in [-0.25, -0.2) is 0 Å². The molecule has 0 aromatic carbocycles. The maximum absolute atomic E-state index is 11.4. The fourth-order valence-electron chi connectivity index (χ4n) is 2.03. The first kappa shape index (κ1) is 15.8. The van der Waals surface area contributed by atoms with Crippen LogP contribution in [0.15, 0.2) is 5.16 Å². The normalized spacial score (nSPS) is 14.3. The summed E-state index contributed by atoms with van der Waals surface area (Å²) in [6.45, 7) is 6.85. The minimum absolute atomic E-state index is 0.211. The molecule has 2 heterocycles. The summed E-state index contributed by atoms with van der Waals surface area (Å²) in [5.74, 6) is 1.20. The lowest BCUT2D eigenvalue weighted by Gasteiger charge is -2.16. The van der Waals surface area contributed by atoms with E-state index in [0.717, 1.165) is 32.5 Å². The average molecular weight is 311 g/mol. The Morgan fingerprint density at radius 3 is 2.71 bits per heavy atom. The van der Waals surface area contributed by atoms with Crippen LogP contribution in [0.3, 0.4) is 0 Å². The monoisotopic (exact) mass is 311 g/mol. The number of anilines is 2. The summed E-state index contributed by atoms with van der Waals surface area (Å²) in [7, 11) is 0. The first-order valence-corrected chi connectivity index (χ1v) is 8.24. The van der Waals surface area contributed by atoms with Gasteiger partial charge in [-0.1, -0.05) is 11.8 Å². The Morgan fingerprint density at radius 2 is 2.05 bits per heavy atom. The predicted molar refractivity (Wildman–Crippen MR) is 82.8 cm³/mol. The Labute approximate surface area is 128 Å². The van der Waals surface area contributed by atoms with Crippen LogP contribution in [0, 0.1) is 0 Å². The molecule has 1 saturated heterocycles. The van der Waals surface area contributed by atoms with Crippen molar-refractivity contribution in [3.8, 4) is 0 Å². The highest BCUT2D eigenvalue weighted by atomic mass is 32.2. The Hall–Kier alpha value is -1.57. The van der Waals surface area contributed by atoms with Gasteiger partial charge < -0.3 is 15.0 Å². The minimum atomic E-state index is -0.254. The van der Waals surface area contributed by atoms with Gasteiger partial charge in [-0.15, -0.1) is 0 Å². The minimum Gasteiger partial charge on any atom is -0.465 e. The highest BCUT2D eigenvalue weighted by molar-refractivity contribution is 7.99. The van der Waals surface area contributed by atoms with Crippen molar-refractivity contribution in [2.24, 2.45) is 0 Å². The van der Waals surface area contributed by atoms with Gasteiger partial charge in [0.1, 0.15) is 0 Å². The van der Waals surface area contributed by atoms with Gasteiger partial charge in [0, 0.05) is 19.6 Å². The third-order valence-electron chi connectivity index (χ3n) is 2.95. The smallest absolute Gasteiger partial charge is 0.316 e. The van der Waals surface area contributed by atoms with Gasteiger partial charge in [0.15, 0.2) is 5.16 Å². The zero-order valence-electron chi connectivity index (χ0n) is 12.5. The van der Waals surface area contributed by atoms with Crippen LogP contribution in [0.2, 0.25) is 0 Å². The van der Waals surface area contributed by atoms with Crippen molar-refractivity contribution < 1.29 is 9.53 Å². The molecule has 0 aliphatic carbocycles. The molecule has 7 nitrogen and oxygen atoms in total. The van der Waals surface area contributed by atoms with Crippen molar-refractivity contribution in [3.05, 3.63) is 0 Å². The summed E-state index contributed by atoms with van der Waals surface area (Å²) in [5.41, 5.74) is 0. The lowest BCUT2D eigenvalue weighted by Crippen LogP contribution is -2.22. The number of rotatable bonds is 7. The molecule has 1 N–H and O–H groups in total. The number of aromatic nitrogens is 3. The second-order valence-corrected chi connectivity index (χ2v) is 5.50. The molecule has 0 amide bonds. The van der Waals surface area contributed by atoms with Crippen molar-refractivity contribution >= 4 is 29.6 Å². The zero-order chi connectivity index (χ0) is 15.1. The number of thioether (sulfide) groups is 1. The maximum Gasteiger partial charge on any atom is 0.316 e. The van der Waals surface area contributed by atoms with Gasteiger partial charge in [-0.2, -0.15) is 15.0 Å². The van der Waals surface area contributed by atoms with Crippen molar-refractivity contribution in [1.82, 2.24) is 15.0 Å². The number of carbonyl (C=O) groups is 1. The van der Waals surface area contributed by atoms with E-state index in [9.17, 15) is 4.79 Å². The highest BCUT2D eigenvalue weighted by Crippen LogP contribution is 2.21. The molecule has 1 aromatic heterocycles. The van der Waals surface area contributed by atoms with Crippen LogP contribution in [-0.2, 0) is 9.53 Å². The zero-order valence-corrected chi connectivity index (χ0v) is 13.3. The number of nitrogens with one attached hydrogen (secondary N) is 1. The first-order chi connectivity index (χ1) is 10.2. The molecule has 1 aromatic rings. The van der Waals surface area contributed by atoms with E-state index in [0.29, 0.717) is 23.7 Å². The fraction of sp³-hybridized carbons (Fsp3) is 0.692. The van der Waals surface area contributed by atoms with Gasteiger partial charge in [0.05, 0.1) is 12.4 Å². The van der Waals surface area contributed by atoms with E-state index in [1.165, 1.54) is 11.8 Å². The standard InChI is InChI=1S/C13H21N5O2S/c1-3-14-11-15-12(18-7-5-6-8-18)17-13(16-11)21-9-10(19)20-4-2/h3-9H2,1-2H3,(H,14,15,16,17). The molecule has 0 bridgehead atoms.